The second kappa shape index (κ2) is 7.19. The SMILES string of the molecule is CC(N)C(=O)NCc1ccc(S(=O)(=O)N2CCOCC2)cc1. The Kier molecular flexibility index (Phi) is 5.52. The molecule has 1 atom stereocenters. The van der Waals surface area contributed by atoms with Gasteiger partial charge in [0, 0.05) is 19.6 Å². The number of hydrogen-bond acceptors (Lipinski definition) is 5. The minimum atomic E-state index is -3.48. The Bertz CT molecular complexity index is 607. The van der Waals surface area contributed by atoms with E-state index in [1.54, 1.807) is 31.2 Å². The summed E-state index contributed by atoms with van der Waals surface area (Å²) in [4.78, 5) is 11.6. The highest BCUT2D eigenvalue weighted by Crippen LogP contribution is 2.17. The lowest BCUT2D eigenvalue weighted by Crippen LogP contribution is -2.40. The standard InChI is InChI=1S/C14H21N3O4S/c1-11(15)14(18)16-10-12-2-4-13(5-3-12)22(19,20)17-6-8-21-9-7-17/h2-5,11H,6-10,15H2,1H3,(H,16,18). The third-order valence-electron chi connectivity index (χ3n) is 3.41. The van der Waals surface area contributed by atoms with E-state index in [4.69, 9.17) is 10.5 Å². The number of morpholine rings is 1. The van der Waals surface area contributed by atoms with Crippen LogP contribution in [0.15, 0.2) is 29.2 Å². The lowest BCUT2D eigenvalue weighted by molar-refractivity contribution is -0.122. The molecule has 1 aromatic carbocycles. The molecule has 7 nitrogen and oxygen atoms in total. The highest BCUT2D eigenvalue weighted by Gasteiger charge is 2.26. The number of carbonyl (C=O) groups is 1. The van der Waals surface area contributed by atoms with Gasteiger partial charge in [0.25, 0.3) is 0 Å². The second-order valence-corrected chi connectivity index (χ2v) is 7.10. The number of rotatable bonds is 5. The Balaban J connectivity index is 2.03. The van der Waals surface area contributed by atoms with Crippen molar-refractivity contribution in [2.75, 3.05) is 26.3 Å². The number of nitrogens with one attached hydrogen (secondary N) is 1. The van der Waals surface area contributed by atoms with Crippen LogP contribution in [-0.4, -0.2) is 51.0 Å². The number of sulfonamides is 1. The van der Waals surface area contributed by atoms with Crippen LogP contribution in [-0.2, 0) is 26.1 Å². The first kappa shape index (κ1) is 16.9. The molecule has 0 aliphatic carbocycles. The molecule has 1 aliphatic rings. The van der Waals surface area contributed by atoms with E-state index in [0.717, 1.165) is 5.56 Å². The minimum absolute atomic E-state index is 0.245. The van der Waals surface area contributed by atoms with Crippen LogP contribution in [0.5, 0.6) is 0 Å². The Labute approximate surface area is 130 Å². The van der Waals surface area contributed by atoms with Crippen LogP contribution in [0.25, 0.3) is 0 Å². The average Bonchev–Trinajstić information content (AvgIpc) is 2.53. The molecule has 3 N–H and O–H groups in total. The molecule has 1 fully saturated rings. The summed E-state index contributed by atoms with van der Waals surface area (Å²) in [5, 5.41) is 2.68. The van der Waals surface area contributed by atoms with Gasteiger partial charge < -0.3 is 15.8 Å². The van der Waals surface area contributed by atoms with Crippen molar-refractivity contribution in [2.45, 2.75) is 24.4 Å². The zero-order valence-corrected chi connectivity index (χ0v) is 13.3. The van der Waals surface area contributed by atoms with Gasteiger partial charge in [-0.3, -0.25) is 4.79 Å². The van der Waals surface area contributed by atoms with E-state index in [-0.39, 0.29) is 10.8 Å². The zero-order valence-electron chi connectivity index (χ0n) is 12.5. The van der Waals surface area contributed by atoms with Gasteiger partial charge in [-0.25, -0.2) is 8.42 Å². The van der Waals surface area contributed by atoms with E-state index in [1.165, 1.54) is 4.31 Å². The van der Waals surface area contributed by atoms with Gasteiger partial charge in [-0.2, -0.15) is 4.31 Å². The van der Waals surface area contributed by atoms with E-state index in [1.807, 2.05) is 0 Å². The predicted octanol–water partition coefficient (Wildman–Crippen LogP) is -0.329. The molecule has 0 radical (unpaired) electrons. The molecule has 1 amide bonds. The lowest BCUT2D eigenvalue weighted by Gasteiger charge is -2.26. The van der Waals surface area contributed by atoms with E-state index >= 15 is 0 Å². The van der Waals surface area contributed by atoms with Gasteiger partial charge in [0.2, 0.25) is 15.9 Å². The molecular formula is C14H21N3O4S. The van der Waals surface area contributed by atoms with Crippen LogP contribution < -0.4 is 11.1 Å². The number of nitrogens with zero attached hydrogens (tertiary/aromatic N) is 1. The van der Waals surface area contributed by atoms with E-state index in [9.17, 15) is 13.2 Å². The first-order valence-electron chi connectivity index (χ1n) is 7.11. The van der Waals surface area contributed by atoms with Crippen LogP contribution in [0.4, 0.5) is 0 Å². The van der Waals surface area contributed by atoms with Crippen molar-refractivity contribution in [3.63, 3.8) is 0 Å². The molecule has 1 unspecified atom stereocenters. The molecular weight excluding hydrogens is 306 g/mol. The molecule has 0 saturated carbocycles. The summed E-state index contributed by atoms with van der Waals surface area (Å²) in [5.74, 6) is -0.245. The largest absolute Gasteiger partial charge is 0.379 e. The number of benzene rings is 1. The maximum Gasteiger partial charge on any atom is 0.243 e. The molecule has 1 heterocycles. The first-order valence-corrected chi connectivity index (χ1v) is 8.55. The van der Waals surface area contributed by atoms with Crippen molar-refractivity contribution in [3.8, 4) is 0 Å². The van der Waals surface area contributed by atoms with E-state index in [2.05, 4.69) is 5.32 Å². The number of ether oxygens (including phenoxy) is 1. The average molecular weight is 327 g/mol. The van der Waals surface area contributed by atoms with Crippen LogP contribution in [0.2, 0.25) is 0 Å². The Morgan fingerprint density at radius 1 is 1.32 bits per heavy atom. The van der Waals surface area contributed by atoms with Crippen molar-refractivity contribution < 1.29 is 17.9 Å². The van der Waals surface area contributed by atoms with Crippen LogP contribution in [0, 0.1) is 0 Å². The molecule has 1 aliphatic heterocycles. The number of carbonyl (C=O) groups excluding carboxylic acids is 1. The van der Waals surface area contributed by atoms with Gasteiger partial charge in [0.1, 0.15) is 0 Å². The summed E-state index contributed by atoms with van der Waals surface area (Å²) < 4.78 is 31.5. The van der Waals surface area contributed by atoms with Crippen molar-refractivity contribution in [3.05, 3.63) is 29.8 Å². The molecule has 0 bridgehead atoms. The van der Waals surface area contributed by atoms with Gasteiger partial charge in [-0.15, -0.1) is 0 Å². The van der Waals surface area contributed by atoms with E-state index in [0.29, 0.717) is 32.8 Å². The molecule has 0 spiro atoms. The Morgan fingerprint density at radius 2 is 1.91 bits per heavy atom. The van der Waals surface area contributed by atoms with Crippen molar-refractivity contribution in [2.24, 2.45) is 5.73 Å². The number of nitrogens with two attached hydrogens (primary N) is 1. The summed E-state index contributed by atoms with van der Waals surface area (Å²) in [6.07, 6.45) is 0. The monoisotopic (exact) mass is 327 g/mol. The highest BCUT2D eigenvalue weighted by molar-refractivity contribution is 7.89. The summed E-state index contributed by atoms with van der Waals surface area (Å²) >= 11 is 0. The van der Waals surface area contributed by atoms with Crippen molar-refractivity contribution >= 4 is 15.9 Å². The zero-order chi connectivity index (χ0) is 16.2. The van der Waals surface area contributed by atoms with Gasteiger partial charge >= 0.3 is 0 Å². The minimum Gasteiger partial charge on any atom is -0.379 e. The molecule has 0 aromatic heterocycles. The number of amides is 1. The fraction of sp³-hybridized carbons (Fsp3) is 0.500. The van der Waals surface area contributed by atoms with Crippen LogP contribution in [0.3, 0.4) is 0 Å². The van der Waals surface area contributed by atoms with Crippen LogP contribution in [0.1, 0.15) is 12.5 Å². The van der Waals surface area contributed by atoms with E-state index < -0.39 is 16.1 Å². The fourth-order valence-electron chi connectivity index (χ4n) is 2.07. The predicted molar refractivity (Wildman–Crippen MR) is 81.5 cm³/mol. The first-order chi connectivity index (χ1) is 10.4. The fourth-order valence-corrected chi connectivity index (χ4v) is 3.47. The topological polar surface area (TPSA) is 102 Å². The third kappa shape index (κ3) is 4.04. The maximum atomic E-state index is 12.4. The number of hydrogen-bond donors (Lipinski definition) is 2. The Morgan fingerprint density at radius 3 is 2.45 bits per heavy atom. The summed E-state index contributed by atoms with van der Waals surface area (Å²) in [6.45, 7) is 3.50. The molecule has 122 valence electrons. The maximum absolute atomic E-state index is 12.4. The van der Waals surface area contributed by atoms with Crippen molar-refractivity contribution in [1.29, 1.82) is 0 Å². The van der Waals surface area contributed by atoms with Crippen LogP contribution >= 0.6 is 0 Å². The highest BCUT2D eigenvalue weighted by atomic mass is 32.2. The summed E-state index contributed by atoms with van der Waals surface area (Å²) in [6, 6.07) is 5.92. The van der Waals surface area contributed by atoms with Gasteiger partial charge in [-0.05, 0) is 24.6 Å². The van der Waals surface area contributed by atoms with Gasteiger partial charge in [0.15, 0.2) is 0 Å². The third-order valence-corrected chi connectivity index (χ3v) is 5.32. The molecule has 2 rings (SSSR count). The Hall–Kier alpha value is -1.48. The van der Waals surface area contributed by atoms with Gasteiger partial charge in [0.05, 0.1) is 24.2 Å². The smallest absolute Gasteiger partial charge is 0.243 e. The molecule has 1 aromatic rings. The summed E-state index contributed by atoms with van der Waals surface area (Å²) in [5.41, 5.74) is 6.27. The normalized spacial score (nSPS) is 17.9. The molecule has 8 heteroatoms. The molecule has 1 saturated heterocycles. The quantitative estimate of drug-likeness (QED) is 0.771. The van der Waals surface area contributed by atoms with Crippen molar-refractivity contribution in [1.82, 2.24) is 9.62 Å². The lowest BCUT2D eigenvalue weighted by atomic mass is 10.2. The summed E-state index contributed by atoms with van der Waals surface area (Å²) in [7, 11) is -3.48. The molecule has 22 heavy (non-hydrogen) atoms. The second-order valence-electron chi connectivity index (χ2n) is 5.17. The van der Waals surface area contributed by atoms with Gasteiger partial charge in [-0.1, -0.05) is 12.1 Å².